The zero-order chi connectivity index (χ0) is 13.5. The zero-order valence-electron chi connectivity index (χ0n) is 11.6. The van der Waals surface area contributed by atoms with E-state index in [1.165, 1.54) is 32.2 Å². The molecule has 1 fully saturated rings. The Labute approximate surface area is 115 Å². The van der Waals surface area contributed by atoms with Gasteiger partial charge in [0.1, 0.15) is 18.4 Å². The van der Waals surface area contributed by atoms with Crippen LogP contribution in [0.15, 0.2) is 24.3 Å². The lowest BCUT2D eigenvalue weighted by Gasteiger charge is -2.35. The van der Waals surface area contributed by atoms with E-state index in [9.17, 15) is 0 Å². The highest BCUT2D eigenvalue weighted by Crippen LogP contribution is 2.20. The predicted octanol–water partition coefficient (Wildman–Crippen LogP) is 3.20. The minimum atomic E-state index is 0.619. The fraction of sp³-hybridized carbons (Fsp3) is 0.562. The van der Waals surface area contributed by atoms with Gasteiger partial charge in [-0.2, -0.15) is 5.26 Å². The molecule has 1 aliphatic rings. The van der Waals surface area contributed by atoms with Gasteiger partial charge in [0.2, 0.25) is 0 Å². The average molecular weight is 258 g/mol. The second-order valence-electron chi connectivity index (χ2n) is 5.05. The molecule has 1 aromatic rings. The first-order chi connectivity index (χ1) is 9.35. The predicted molar refractivity (Wildman–Crippen MR) is 76.2 cm³/mol. The van der Waals surface area contributed by atoms with E-state index in [0.29, 0.717) is 24.0 Å². The van der Waals surface area contributed by atoms with Crippen molar-refractivity contribution in [2.75, 3.05) is 19.7 Å². The summed E-state index contributed by atoms with van der Waals surface area (Å²) >= 11 is 0. The Kier molecular flexibility index (Phi) is 5.23. The molecular formula is C16H22N2O. The van der Waals surface area contributed by atoms with Gasteiger partial charge < -0.3 is 4.74 Å². The summed E-state index contributed by atoms with van der Waals surface area (Å²) in [5.41, 5.74) is 0.619. The molecule has 1 atom stereocenters. The molecule has 0 aliphatic carbocycles. The van der Waals surface area contributed by atoms with Gasteiger partial charge >= 0.3 is 0 Å². The maximum Gasteiger partial charge on any atom is 0.137 e. The normalized spacial score (nSPS) is 19.9. The lowest BCUT2D eigenvalue weighted by Crippen LogP contribution is -2.41. The summed E-state index contributed by atoms with van der Waals surface area (Å²) in [7, 11) is 0. The summed E-state index contributed by atoms with van der Waals surface area (Å²) in [6.07, 6.45) is 5.18. The van der Waals surface area contributed by atoms with Gasteiger partial charge in [-0.25, -0.2) is 0 Å². The van der Waals surface area contributed by atoms with Crippen molar-refractivity contribution < 1.29 is 4.74 Å². The molecular weight excluding hydrogens is 236 g/mol. The quantitative estimate of drug-likeness (QED) is 0.813. The van der Waals surface area contributed by atoms with E-state index in [1.807, 2.05) is 18.2 Å². The minimum absolute atomic E-state index is 0.619. The van der Waals surface area contributed by atoms with Crippen molar-refractivity contribution in [1.82, 2.24) is 4.90 Å². The van der Waals surface area contributed by atoms with Crippen LogP contribution in [0.1, 0.15) is 38.2 Å². The first kappa shape index (κ1) is 13.9. The first-order valence-corrected chi connectivity index (χ1v) is 7.21. The lowest BCUT2D eigenvalue weighted by atomic mass is 10.0. The van der Waals surface area contributed by atoms with Gasteiger partial charge in [0.15, 0.2) is 0 Å². The summed E-state index contributed by atoms with van der Waals surface area (Å²) in [5, 5.41) is 9.01. The number of benzene rings is 1. The van der Waals surface area contributed by atoms with Crippen LogP contribution in [0.4, 0.5) is 0 Å². The Hall–Kier alpha value is -1.53. The fourth-order valence-corrected chi connectivity index (χ4v) is 2.77. The van der Waals surface area contributed by atoms with E-state index in [4.69, 9.17) is 10.00 Å². The zero-order valence-corrected chi connectivity index (χ0v) is 11.6. The number of hydrogen-bond donors (Lipinski definition) is 0. The number of likely N-dealkylation sites (tertiary alicyclic amines) is 1. The summed E-state index contributed by atoms with van der Waals surface area (Å²) in [6.45, 7) is 5.06. The smallest absolute Gasteiger partial charge is 0.137 e. The molecule has 0 aromatic heterocycles. The summed E-state index contributed by atoms with van der Waals surface area (Å²) < 4.78 is 5.76. The average Bonchev–Trinajstić information content (AvgIpc) is 2.48. The molecule has 0 N–H and O–H groups in total. The molecule has 102 valence electrons. The topological polar surface area (TPSA) is 36.3 Å². The Morgan fingerprint density at radius 3 is 3.00 bits per heavy atom. The monoisotopic (exact) mass is 258 g/mol. The van der Waals surface area contributed by atoms with Crippen LogP contribution in [0.5, 0.6) is 5.75 Å². The van der Waals surface area contributed by atoms with Crippen LogP contribution >= 0.6 is 0 Å². The van der Waals surface area contributed by atoms with Crippen molar-refractivity contribution in [2.45, 2.75) is 38.6 Å². The van der Waals surface area contributed by atoms with Crippen molar-refractivity contribution in [3.63, 3.8) is 0 Å². The number of ether oxygens (including phenoxy) is 1. The van der Waals surface area contributed by atoms with Gasteiger partial charge in [0.05, 0.1) is 5.56 Å². The van der Waals surface area contributed by atoms with E-state index in [1.54, 1.807) is 6.07 Å². The number of para-hydroxylation sites is 1. The van der Waals surface area contributed by atoms with Crippen LogP contribution in [-0.4, -0.2) is 30.6 Å². The van der Waals surface area contributed by atoms with Crippen molar-refractivity contribution in [3.05, 3.63) is 29.8 Å². The molecule has 2 rings (SSSR count). The number of piperidine rings is 1. The van der Waals surface area contributed by atoms with Crippen LogP contribution < -0.4 is 4.74 Å². The first-order valence-electron chi connectivity index (χ1n) is 7.21. The molecule has 1 heterocycles. The molecule has 0 radical (unpaired) electrons. The molecule has 1 aliphatic heterocycles. The highest BCUT2D eigenvalue weighted by Gasteiger charge is 2.20. The van der Waals surface area contributed by atoms with Crippen LogP contribution in [0, 0.1) is 11.3 Å². The van der Waals surface area contributed by atoms with Gasteiger partial charge in [-0.05, 0) is 37.9 Å². The van der Waals surface area contributed by atoms with Crippen molar-refractivity contribution >= 4 is 0 Å². The third-order valence-corrected chi connectivity index (χ3v) is 3.86. The third-order valence-electron chi connectivity index (χ3n) is 3.86. The summed E-state index contributed by atoms with van der Waals surface area (Å²) in [4.78, 5) is 2.53. The van der Waals surface area contributed by atoms with Crippen LogP contribution in [0.3, 0.4) is 0 Å². The van der Waals surface area contributed by atoms with Crippen molar-refractivity contribution in [2.24, 2.45) is 0 Å². The number of nitrogens with zero attached hydrogens (tertiary/aromatic N) is 2. The Balaban J connectivity index is 1.84. The van der Waals surface area contributed by atoms with Gasteiger partial charge in [-0.1, -0.05) is 25.5 Å². The second kappa shape index (κ2) is 7.16. The standard InChI is InChI=1S/C16H22N2O/c1-2-15-8-5-6-10-18(15)11-12-19-16-9-4-3-7-14(16)13-17/h3-4,7,9,15H,2,5-6,8,10-12H2,1H3. The molecule has 0 saturated carbocycles. The van der Waals surface area contributed by atoms with E-state index in [0.717, 1.165) is 6.54 Å². The highest BCUT2D eigenvalue weighted by atomic mass is 16.5. The highest BCUT2D eigenvalue weighted by molar-refractivity contribution is 5.42. The molecule has 19 heavy (non-hydrogen) atoms. The fourth-order valence-electron chi connectivity index (χ4n) is 2.77. The lowest BCUT2D eigenvalue weighted by molar-refractivity contribution is 0.120. The van der Waals surface area contributed by atoms with Gasteiger partial charge in [-0.3, -0.25) is 4.90 Å². The maximum absolute atomic E-state index is 9.01. The van der Waals surface area contributed by atoms with E-state index >= 15 is 0 Å². The van der Waals surface area contributed by atoms with Gasteiger partial charge in [0, 0.05) is 12.6 Å². The number of nitriles is 1. The summed E-state index contributed by atoms with van der Waals surface area (Å²) in [6, 6.07) is 10.3. The molecule has 3 nitrogen and oxygen atoms in total. The Morgan fingerprint density at radius 2 is 2.21 bits per heavy atom. The van der Waals surface area contributed by atoms with E-state index in [2.05, 4.69) is 17.9 Å². The molecule has 0 bridgehead atoms. The molecule has 3 heteroatoms. The molecule has 1 saturated heterocycles. The second-order valence-corrected chi connectivity index (χ2v) is 5.05. The van der Waals surface area contributed by atoms with Crippen LogP contribution in [0.2, 0.25) is 0 Å². The number of hydrogen-bond acceptors (Lipinski definition) is 3. The van der Waals surface area contributed by atoms with Crippen LogP contribution in [-0.2, 0) is 0 Å². The number of rotatable bonds is 5. The minimum Gasteiger partial charge on any atom is -0.491 e. The molecule has 0 amide bonds. The SMILES string of the molecule is CCC1CCCCN1CCOc1ccccc1C#N. The molecule has 1 aromatic carbocycles. The Morgan fingerprint density at radius 1 is 1.37 bits per heavy atom. The molecule has 0 spiro atoms. The van der Waals surface area contributed by atoms with Crippen molar-refractivity contribution in [1.29, 1.82) is 5.26 Å². The van der Waals surface area contributed by atoms with Gasteiger partial charge in [-0.15, -0.1) is 0 Å². The van der Waals surface area contributed by atoms with Gasteiger partial charge in [0.25, 0.3) is 0 Å². The molecule has 1 unspecified atom stereocenters. The largest absolute Gasteiger partial charge is 0.491 e. The summed E-state index contributed by atoms with van der Waals surface area (Å²) in [5.74, 6) is 0.704. The maximum atomic E-state index is 9.01. The van der Waals surface area contributed by atoms with Crippen LogP contribution in [0.25, 0.3) is 0 Å². The van der Waals surface area contributed by atoms with E-state index in [-0.39, 0.29) is 0 Å². The third kappa shape index (κ3) is 3.71. The van der Waals surface area contributed by atoms with E-state index < -0.39 is 0 Å². The van der Waals surface area contributed by atoms with Crippen molar-refractivity contribution in [3.8, 4) is 11.8 Å². The Bertz CT molecular complexity index is 439.